The number of nitrogens with zero attached hydrogens (tertiary/aromatic N) is 1. The van der Waals surface area contributed by atoms with Crippen LogP contribution in [-0.4, -0.2) is 54.9 Å². The smallest absolute Gasteiger partial charge is 0.317 e. The van der Waals surface area contributed by atoms with Crippen LogP contribution in [-0.2, 0) is 9.53 Å². The van der Waals surface area contributed by atoms with Crippen LogP contribution < -0.4 is 15.4 Å². The zero-order valence-electron chi connectivity index (χ0n) is 15.0. The molecule has 3 aliphatic rings. The third-order valence-corrected chi connectivity index (χ3v) is 5.42. The predicted molar refractivity (Wildman–Crippen MR) is 94.9 cm³/mol. The van der Waals surface area contributed by atoms with E-state index in [1.807, 2.05) is 24.0 Å². The SMILES string of the molecule is CCOc1ccc([C@@H]2C[C@H]2NC(=O)N2CCC3(CC2)NC(=O)CO3)cc1. The van der Waals surface area contributed by atoms with E-state index in [1.165, 1.54) is 5.56 Å². The first-order valence-electron chi connectivity index (χ1n) is 9.32. The van der Waals surface area contributed by atoms with Gasteiger partial charge in [0, 0.05) is 37.9 Å². The van der Waals surface area contributed by atoms with Crippen molar-refractivity contribution in [1.29, 1.82) is 0 Å². The largest absolute Gasteiger partial charge is 0.494 e. The zero-order chi connectivity index (χ0) is 18.1. The number of piperidine rings is 1. The van der Waals surface area contributed by atoms with Crippen LogP contribution in [0.25, 0.3) is 0 Å². The summed E-state index contributed by atoms with van der Waals surface area (Å²) < 4.78 is 11.1. The maximum absolute atomic E-state index is 12.5. The standard InChI is InChI=1S/C19H25N3O4/c1-2-25-14-5-3-13(4-6-14)15-11-16(15)20-18(24)22-9-7-19(8-10-22)21-17(23)12-26-19/h3-6,15-16H,2,7-12H2,1H3,(H,20,24)(H,21,23)/t15-,16+/m0/s1. The van der Waals surface area contributed by atoms with Crippen LogP contribution in [0.5, 0.6) is 5.75 Å². The van der Waals surface area contributed by atoms with E-state index in [4.69, 9.17) is 9.47 Å². The number of likely N-dealkylation sites (tertiary alicyclic amines) is 1. The molecule has 1 aliphatic carbocycles. The summed E-state index contributed by atoms with van der Waals surface area (Å²) >= 11 is 0. The molecule has 0 bridgehead atoms. The molecule has 3 amide bonds. The lowest BCUT2D eigenvalue weighted by molar-refractivity contribution is -0.119. The lowest BCUT2D eigenvalue weighted by atomic mass is 10.0. The molecule has 2 atom stereocenters. The zero-order valence-corrected chi connectivity index (χ0v) is 15.0. The molecule has 0 radical (unpaired) electrons. The highest BCUT2D eigenvalue weighted by molar-refractivity contribution is 5.80. The van der Waals surface area contributed by atoms with Gasteiger partial charge in [0.15, 0.2) is 0 Å². The summed E-state index contributed by atoms with van der Waals surface area (Å²) in [7, 11) is 0. The number of amides is 3. The van der Waals surface area contributed by atoms with Crippen LogP contribution in [0.2, 0.25) is 0 Å². The molecule has 7 nitrogen and oxygen atoms in total. The van der Waals surface area contributed by atoms with E-state index in [1.54, 1.807) is 0 Å². The van der Waals surface area contributed by atoms with Gasteiger partial charge < -0.3 is 25.0 Å². The Hall–Kier alpha value is -2.28. The molecule has 26 heavy (non-hydrogen) atoms. The van der Waals surface area contributed by atoms with E-state index < -0.39 is 5.72 Å². The Labute approximate surface area is 153 Å². The van der Waals surface area contributed by atoms with Gasteiger partial charge in [-0.1, -0.05) is 12.1 Å². The quantitative estimate of drug-likeness (QED) is 0.856. The summed E-state index contributed by atoms with van der Waals surface area (Å²) in [5.74, 6) is 1.18. The van der Waals surface area contributed by atoms with Crippen LogP contribution >= 0.6 is 0 Å². The average molecular weight is 359 g/mol. The number of rotatable bonds is 4. The summed E-state index contributed by atoms with van der Waals surface area (Å²) in [6.07, 6.45) is 2.24. The molecule has 140 valence electrons. The normalized spacial score (nSPS) is 26.5. The van der Waals surface area contributed by atoms with Gasteiger partial charge in [-0.3, -0.25) is 4.79 Å². The highest BCUT2D eigenvalue weighted by Crippen LogP contribution is 2.41. The first-order chi connectivity index (χ1) is 12.6. The topological polar surface area (TPSA) is 79.9 Å². The van der Waals surface area contributed by atoms with Gasteiger partial charge in [-0.15, -0.1) is 0 Å². The summed E-state index contributed by atoms with van der Waals surface area (Å²) in [5.41, 5.74) is 0.677. The first-order valence-corrected chi connectivity index (χ1v) is 9.32. The molecule has 1 saturated carbocycles. The molecule has 1 spiro atoms. The Kier molecular flexibility index (Phi) is 4.48. The number of carbonyl (C=O) groups is 2. The lowest BCUT2D eigenvalue weighted by Gasteiger charge is -2.38. The van der Waals surface area contributed by atoms with Crippen molar-refractivity contribution >= 4 is 11.9 Å². The Morgan fingerprint density at radius 2 is 2.08 bits per heavy atom. The molecule has 3 fully saturated rings. The monoisotopic (exact) mass is 359 g/mol. The molecule has 7 heteroatoms. The summed E-state index contributed by atoms with van der Waals surface area (Å²) in [5, 5.41) is 6.02. The molecule has 2 saturated heterocycles. The Balaban J connectivity index is 1.25. The second-order valence-electron chi connectivity index (χ2n) is 7.22. The van der Waals surface area contributed by atoms with Gasteiger partial charge in [0.2, 0.25) is 5.91 Å². The summed E-state index contributed by atoms with van der Waals surface area (Å²) in [6.45, 7) is 3.93. The number of nitrogens with one attached hydrogen (secondary N) is 2. The molecule has 2 aliphatic heterocycles. The number of hydrogen-bond acceptors (Lipinski definition) is 4. The van der Waals surface area contributed by atoms with Crippen molar-refractivity contribution in [1.82, 2.24) is 15.5 Å². The van der Waals surface area contributed by atoms with Gasteiger partial charge in [0.1, 0.15) is 18.1 Å². The van der Waals surface area contributed by atoms with Gasteiger partial charge in [-0.2, -0.15) is 0 Å². The van der Waals surface area contributed by atoms with Gasteiger partial charge in [-0.05, 0) is 31.0 Å². The number of benzene rings is 1. The fourth-order valence-electron chi connectivity index (χ4n) is 3.82. The second kappa shape index (κ2) is 6.79. The summed E-state index contributed by atoms with van der Waals surface area (Å²) in [4.78, 5) is 25.7. The molecule has 0 aromatic heterocycles. The van der Waals surface area contributed by atoms with E-state index in [2.05, 4.69) is 22.8 Å². The minimum Gasteiger partial charge on any atom is -0.494 e. The van der Waals surface area contributed by atoms with E-state index >= 15 is 0 Å². The second-order valence-corrected chi connectivity index (χ2v) is 7.22. The fourth-order valence-corrected chi connectivity index (χ4v) is 3.82. The predicted octanol–water partition coefficient (Wildman–Crippen LogP) is 1.59. The fraction of sp³-hybridized carbons (Fsp3) is 0.579. The molecule has 2 N–H and O–H groups in total. The van der Waals surface area contributed by atoms with Gasteiger partial charge in [0.05, 0.1) is 6.61 Å². The lowest BCUT2D eigenvalue weighted by Crippen LogP contribution is -2.55. The third kappa shape index (κ3) is 3.49. The van der Waals surface area contributed by atoms with Crippen molar-refractivity contribution in [3.8, 4) is 5.75 Å². The van der Waals surface area contributed by atoms with Gasteiger partial charge in [0.25, 0.3) is 0 Å². The first kappa shape index (κ1) is 17.1. The Morgan fingerprint density at radius 3 is 2.69 bits per heavy atom. The van der Waals surface area contributed by atoms with Crippen LogP contribution in [0.3, 0.4) is 0 Å². The van der Waals surface area contributed by atoms with Crippen molar-refractivity contribution in [3.63, 3.8) is 0 Å². The molecule has 0 unspecified atom stereocenters. The Morgan fingerprint density at radius 1 is 1.35 bits per heavy atom. The minimum atomic E-state index is -0.557. The average Bonchev–Trinajstić information content (AvgIpc) is 3.31. The van der Waals surface area contributed by atoms with Crippen LogP contribution in [0.4, 0.5) is 4.79 Å². The molecule has 2 heterocycles. The van der Waals surface area contributed by atoms with Crippen LogP contribution in [0.15, 0.2) is 24.3 Å². The van der Waals surface area contributed by atoms with Gasteiger partial charge in [-0.25, -0.2) is 4.79 Å². The number of ether oxygens (including phenoxy) is 2. The summed E-state index contributed by atoms with van der Waals surface area (Å²) in [6, 6.07) is 8.28. The van der Waals surface area contributed by atoms with Crippen LogP contribution in [0.1, 0.15) is 37.7 Å². The number of hydrogen-bond donors (Lipinski definition) is 2. The van der Waals surface area contributed by atoms with Crippen molar-refractivity contribution in [2.75, 3.05) is 26.3 Å². The van der Waals surface area contributed by atoms with Crippen molar-refractivity contribution in [2.24, 2.45) is 0 Å². The van der Waals surface area contributed by atoms with Gasteiger partial charge >= 0.3 is 6.03 Å². The van der Waals surface area contributed by atoms with Crippen LogP contribution in [0, 0.1) is 0 Å². The number of carbonyl (C=O) groups excluding carboxylic acids is 2. The molecular weight excluding hydrogens is 334 g/mol. The number of urea groups is 1. The third-order valence-electron chi connectivity index (χ3n) is 5.42. The van der Waals surface area contributed by atoms with Crippen molar-refractivity contribution in [2.45, 2.75) is 43.9 Å². The van der Waals surface area contributed by atoms with E-state index in [-0.39, 0.29) is 24.6 Å². The van der Waals surface area contributed by atoms with Crippen molar-refractivity contribution < 1.29 is 19.1 Å². The van der Waals surface area contributed by atoms with E-state index in [0.29, 0.717) is 38.5 Å². The maximum atomic E-state index is 12.5. The van der Waals surface area contributed by atoms with Crippen molar-refractivity contribution in [3.05, 3.63) is 29.8 Å². The Bertz CT molecular complexity index is 683. The molecule has 1 aromatic rings. The molecule has 4 rings (SSSR count). The van der Waals surface area contributed by atoms with E-state index in [9.17, 15) is 9.59 Å². The maximum Gasteiger partial charge on any atom is 0.317 e. The molecule has 1 aromatic carbocycles. The molecular formula is C19H25N3O4. The highest BCUT2D eigenvalue weighted by atomic mass is 16.5. The highest BCUT2D eigenvalue weighted by Gasteiger charge is 2.44. The minimum absolute atomic E-state index is 0.0254. The van der Waals surface area contributed by atoms with E-state index in [0.717, 1.165) is 12.2 Å².